The van der Waals surface area contributed by atoms with Crippen LogP contribution in [0.25, 0.3) is 0 Å². The summed E-state index contributed by atoms with van der Waals surface area (Å²) >= 11 is 3.21. The summed E-state index contributed by atoms with van der Waals surface area (Å²) < 4.78 is 24.7. The van der Waals surface area contributed by atoms with Gasteiger partial charge in [-0.05, 0) is 24.3 Å². The van der Waals surface area contributed by atoms with Crippen LogP contribution in [0.1, 0.15) is 6.42 Å². The summed E-state index contributed by atoms with van der Waals surface area (Å²) in [4.78, 5) is 11.1. The van der Waals surface area contributed by atoms with Crippen molar-refractivity contribution in [3.05, 3.63) is 28.7 Å². The monoisotopic (exact) mass is 278 g/mol. The highest BCUT2D eigenvalue weighted by atomic mass is 79.9. The fourth-order valence-electron chi connectivity index (χ4n) is 0.976. The van der Waals surface area contributed by atoms with Crippen molar-refractivity contribution in [2.45, 2.75) is 12.8 Å². The van der Waals surface area contributed by atoms with Crippen LogP contribution in [0.3, 0.4) is 0 Å². The Balaban J connectivity index is 2.71. The lowest BCUT2D eigenvalue weighted by molar-refractivity contribution is -0.121. The van der Waals surface area contributed by atoms with E-state index in [0.29, 0.717) is 5.69 Å². The van der Waals surface area contributed by atoms with Gasteiger partial charge in [0, 0.05) is 4.47 Å². The maximum atomic E-state index is 11.9. The fraction of sp³-hybridized carbons (Fsp3) is 0.222. The highest BCUT2D eigenvalue weighted by Crippen LogP contribution is 2.17. The van der Waals surface area contributed by atoms with Crippen molar-refractivity contribution in [2.24, 2.45) is 5.84 Å². The Kier molecular flexibility index (Phi) is 4.16. The van der Waals surface area contributed by atoms with Gasteiger partial charge in [0.15, 0.2) is 0 Å². The second-order valence-corrected chi connectivity index (χ2v) is 3.75. The van der Waals surface area contributed by atoms with Gasteiger partial charge in [0.25, 0.3) is 0 Å². The van der Waals surface area contributed by atoms with Gasteiger partial charge in [-0.25, -0.2) is 19.6 Å². The summed E-state index contributed by atoms with van der Waals surface area (Å²) in [5, 5.41) is 0.721. The van der Waals surface area contributed by atoms with E-state index in [2.05, 4.69) is 15.9 Å². The van der Waals surface area contributed by atoms with Crippen molar-refractivity contribution in [1.29, 1.82) is 0 Å². The lowest BCUT2D eigenvalue weighted by Crippen LogP contribution is -2.38. The number of hydrogen-bond donors (Lipinski definition) is 1. The molecule has 0 heterocycles. The summed E-state index contributed by atoms with van der Waals surface area (Å²) in [6.45, 7) is 0. The number of halogens is 3. The molecule has 0 spiro atoms. The van der Waals surface area contributed by atoms with Crippen molar-refractivity contribution >= 4 is 27.5 Å². The first kappa shape index (κ1) is 12.1. The van der Waals surface area contributed by atoms with Crippen LogP contribution in [0.5, 0.6) is 0 Å². The molecule has 0 saturated carbocycles. The molecule has 1 aromatic carbocycles. The molecule has 1 aromatic rings. The van der Waals surface area contributed by atoms with Crippen LogP contribution >= 0.6 is 15.9 Å². The summed E-state index contributed by atoms with van der Waals surface area (Å²) in [5.41, 5.74) is 0.379. The molecule has 0 bridgehead atoms. The zero-order valence-corrected chi connectivity index (χ0v) is 9.25. The number of alkyl halides is 2. The fourth-order valence-corrected chi connectivity index (χ4v) is 1.24. The molecule has 0 atom stereocenters. The molecule has 3 nitrogen and oxygen atoms in total. The van der Waals surface area contributed by atoms with Crippen LogP contribution in [-0.4, -0.2) is 12.3 Å². The number of carbonyl (C=O) groups is 1. The summed E-state index contributed by atoms with van der Waals surface area (Å²) in [5.74, 6) is 4.56. The van der Waals surface area contributed by atoms with E-state index in [1.54, 1.807) is 24.3 Å². The summed E-state index contributed by atoms with van der Waals surface area (Å²) in [7, 11) is 0. The Bertz CT molecular complexity index is 342. The first-order valence-electron chi connectivity index (χ1n) is 4.12. The van der Waals surface area contributed by atoms with Crippen LogP contribution < -0.4 is 10.9 Å². The Morgan fingerprint density at radius 1 is 1.40 bits per heavy atom. The third-order valence-electron chi connectivity index (χ3n) is 1.70. The number of benzene rings is 1. The number of amides is 1. The molecule has 82 valence electrons. The number of anilines is 1. The Morgan fingerprint density at radius 3 is 2.40 bits per heavy atom. The second kappa shape index (κ2) is 5.18. The molecular formula is C9H9BrF2N2O. The molecule has 0 saturated heterocycles. The number of nitrogens with zero attached hydrogens (tertiary/aromatic N) is 1. The van der Waals surface area contributed by atoms with Crippen LogP contribution in [0.15, 0.2) is 28.7 Å². The molecule has 0 aromatic heterocycles. The summed E-state index contributed by atoms with van der Waals surface area (Å²) in [6.07, 6.45) is -3.55. The standard InChI is InChI=1S/C9H9BrF2N2O/c10-6-1-3-7(4-2-6)14(13)9(15)5-8(11)12/h1-4,8H,5,13H2. The first-order chi connectivity index (χ1) is 7.00. The van der Waals surface area contributed by atoms with Crippen molar-refractivity contribution in [3.63, 3.8) is 0 Å². The topological polar surface area (TPSA) is 46.3 Å². The van der Waals surface area contributed by atoms with Gasteiger partial charge >= 0.3 is 0 Å². The molecule has 1 amide bonds. The third-order valence-corrected chi connectivity index (χ3v) is 2.23. The third kappa shape index (κ3) is 3.56. The van der Waals surface area contributed by atoms with E-state index in [1.165, 1.54) is 0 Å². The van der Waals surface area contributed by atoms with Gasteiger partial charge in [0.1, 0.15) is 0 Å². The van der Waals surface area contributed by atoms with Gasteiger partial charge < -0.3 is 0 Å². The van der Waals surface area contributed by atoms with Gasteiger partial charge in [-0.2, -0.15) is 0 Å². The second-order valence-electron chi connectivity index (χ2n) is 2.84. The van der Waals surface area contributed by atoms with Crippen LogP contribution in [0.4, 0.5) is 14.5 Å². The van der Waals surface area contributed by atoms with Gasteiger partial charge in [0.05, 0.1) is 12.1 Å². The highest BCUT2D eigenvalue weighted by molar-refractivity contribution is 9.10. The van der Waals surface area contributed by atoms with Gasteiger partial charge in [-0.3, -0.25) is 4.79 Å². The van der Waals surface area contributed by atoms with E-state index in [9.17, 15) is 13.6 Å². The molecule has 0 radical (unpaired) electrons. The van der Waals surface area contributed by atoms with E-state index in [4.69, 9.17) is 5.84 Å². The molecule has 2 N–H and O–H groups in total. The zero-order chi connectivity index (χ0) is 11.4. The van der Waals surface area contributed by atoms with Crippen LogP contribution in [-0.2, 0) is 4.79 Å². The molecular weight excluding hydrogens is 270 g/mol. The van der Waals surface area contributed by atoms with Crippen molar-refractivity contribution in [3.8, 4) is 0 Å². The van der Waals surface area contributed by atoms with Gasteiger partial charge in [-0.1, -0.05) is 15.9 Å². The van der Waals surface area contributed by atoms with Gasteiger partial charge in [0.2, 0.25) is 12.3 Å². The minimum Gasteiger partial charge on any atom is -0.273 e. The molecule has 0 aliphatic rings. The Hall–Kier alpha value is -1.01. The number of carbonyl (C=O) groups excluding carboxylic acids is 1. The quantitative estimate of drug-likeness (QED) is 0.524. The first-order valence-corrected chi connectivity index (χ1v) is 4.91. The van der Waals surface area contributed by atoms with E-state index in [-0.39, 0.29) is 0 Å². The SMILES string of the molecule is NN(C(=O)CC(F)F)c1ccc(Br)cc1. The predicted molar refractivity (Wildman–Crippen MR) is 56.4 cm³/mol. The zero-order valence-electron chi connectivity index (χ0n) is 7.66. The smallest absolute Gasteiger partial charge is 0.247 e. The number of rotatable bonds is 3. The molecule has 1 rings (SSSR count). The molecule has 15 heavy (non-hydrogen) atoms. The van der Waals surface area contributed by atoms with Crippen molar-refractivity contribution < 1.29 is 13.6 Å². The summed E-state index contributed by atoms with van der Waals surface area (Å²) in [6, 6.07) is 6.47. The number of nitrogens with two attached hydrogens (primary N) is 1. The normalized spacial score (nSPS) is 10.5. The van der Waals surface area contributed by atoms with E-state index in [1.807, 2.05) is 0 Å². The highest BCUT2D eigenvalue weighted by Gasteiger charge is 2.16. The maximum absolute atomic E-state index is 11.9. The lowest BCUT2D eigenvalue weighted by atomic mass is 10.3. The average Bonchev–Trinajstić information content (AvgIpc) is 2.17. The largest absolute Gasteiger partial charge is 0.273 e. The van der Waals surface area contributed by atoms with Gasteiger partial charge in [-0.15, -0.1) is 0 Å². The Labute approximate surface area is 94.0 Å². The number of hydrogen-bond acceptors (Lipinski definition) is 2. The van der Waals surface area contributed by atoms with E-state index < -0.39 is 18.8 Å². The van der Waals surface area contributed by atoms with E-state index in [0.717, 1.165) is 9.48 Å². The molecule has 0 aliphatic carbocycles. The molecule has 0 unspecified atom stereocenters. The van der Waals surface area contributed by atoms with Crippen LogP contribution in [0, 0.1) is 0 Å². The number of hydrazine groups is 1. The lowest BCUT2D eigenvalue weighted by Gasteiger charge is -2.16. The molecule has 0 fully saturated rings. The molecule has 0 aliphatic heterocycles. The predicted octanol–water partition coefficient (Wildman–Crippen LogP) is 2.31. The average molecular weight is 279 g/mol. The molecule has 6 heteroatoms. The van der Waals surface area contributed by atoms with Crippen molar-refractivity contribution in [2.75, 3.05) is 5.01 Å². The Morgan fingerprint density at radius 2 is 1.93 bits per heavy atom. The van der Waals surface area contributed by atoms with E-state index >= 15 is 0 Å². The van der Waals surface area contributed by atoms with Crippen LogP contribution in [0.2, 0.25) is 0 Å². The minimum absolute atomic E-state index is 0.379. The van der Waals surface area contributed by atoms with Crippen molar-refractivity contribution in [1.82, 2.24) is 0 Å². The minimum atomic E-state index is -2.68. The maximum Gasteiger partial charge on any atom is 0.247 e.